The van der Waals surface area contributed by atoms with Crippen LogP contribution in [0.2, 0.25) is 5.02 Å². The molecule has 2 aromatic carbocycles. The van der Waals surface area contributed by atoms with Crippen LogP contribution in [0.25, 0.3) is 0 Å². The highest BCUT2D eigenvalue weighted by atomic mass is 35.5. The largest absolute Gasteiger partial charge is 0.349 e. The van der Waals surface area contributed by atoms with E-state index in [2.05, 4.69) is 21.9 Å². The lowest BCUT2D eigenvalue weighted by Gasteiger charge is -2.12. The van der Waals surface area contributed by atoms with Gasteiger partial charge in [-0.1, -0.05) is 29.8 Å². The molecule has 27 heavy (non-hydrogen) atoms. The van der Waals surface area contributed by atoms with E-state index in [0.717, 1.165) is 6.26 Å². The Kier molecular flexibility index (Phi) is 6.59. The number of hydrogen-bond donors (Lipinski definition) is 3. The molecule has 142 valence electrons. The van der Waals surface area contributed by atoms with Crippen LogP contribution in [0.5, 0.6) is 0 Å². The van der Waals surface area contributed by atoms with E-state index in [-0.39, 0.29) is 34.3 Å². The Morgan fingerprint density at radius 1 is 1.11 bits per heavy atom. The van der Waals surface area contributed by atoms with Crippen molar-refractivity contribution < 1.29 is 18.0 Å². The maximum Gasteiger partial charge on any atom is 0.257 e. The molecule has 7 nitrogen and oxygen atoms in total. The molecule has 0 aliphatic rings. The van der Waals surface area contributed by atoms with Crippen molar-refractivity contribution in [3.05, 3.63) is 71.3 Å². The molecular weight excluding hydrogens is 390 g/mol. The monoisotopic (exact) mass is 407 g/mol. The van der Waals surface area contributed by atoms with E-state index in [0.29, 0.717) is 5.69 Å². The third-order valence-electron chi connectivity index (χ3n) is 3.34. The summed E-state index contributed by atoms with van der Waals surface area (Å²) < 4.78 is 25.0. The third-order valence-corrected chi connectivity index (χ3v) is 4.28. The van der Waals surface area contributed by atoms with Gasteiger partial charge in [0.1, 0.15) is 0 Å². The second kappa shape index (κ2) is 8.70. The summed E-state index contributed by atoms with van der Waals surface area (Å²) in [5.74, 6) is -0.953. The minimum absolute atomic E-state index is 0.0617. The number of sulfonamides is 1. The Hall–Kier alpha value is -2.84. The molecule has 2 amide bonds. The molecule has 0 aromatic heterocycles. The molecular formula is C18H18ClN3O4S. The van der Waals surface area contributed by atoms with Crippen LogP contribution in [0.15, 0.2) is 55.1 Å². The zero-order valence-corrected chi connectivity index (χ0v) is 16.0. The van der Waals surface area contributed by atoms with Gasteiger partial charge in [0.25, 0.3) is 11.8 Å². The number of para-hydroxylation sites is 1. The highest BCUT2D eigenvalue weighted by Gasteiger charge is 2.16. The number of carbonyl (C=O) groups is 2. The number of rotatable bonds is 7. The minimum Gasteiger partial charge on any atom is -0.349 e. The van der Waals surface area contributed by atoms with E-state index in [1.165, 1.54) is 18.2 Å². The van der Waals surface area contributed by atoms with Gasteiger partial charge in [-0.15, -0.1) is 6.58 Å². The molecule has 0 unspecified atom stereocenters. The first-order chi connectivity index (χ1) is 12.7. The number of hydrogen-bond acceptors (Lipinski definition) is 4. The van der Waals surface area contributed by atoms with Gasteiger partial charge in [-0.05, 0) is 30.3 Å². The summed E-state index contributed by atoms with van der Waals surface area (Å²) in [5.41, 5.74) is 0.825. The van der Waals surface area contributed by atoms with Crippen molar-refractivity contribution in [2.24, 2.45) is 0 Å². The highest BCUT2D eigenvalue weighted by Crippen LogP contribution is 2.23. The highest BCUT2D eigenvalue weighted by molar-refractivity contribution is 7.92. The van der Waals surface area contributed by atoms with Crippen LogP contribution < -0.4 is 15.4 Å². The number of carbonyl (C=O) groups excluding carboxylic acids is 2. The topological polar surface area (TPSA) is 104 Å². The summed E-state index contributed by atoms with van der Waals surface area (Å²) in [6.07, 6.45) is 2.54. The van der Waals surface area contributed by atoms with E-state index in [4.69, 9.17) is 11.6 Å². The number of nitrogens with one attached hydrogen (secondary N) is 3. The number of amides is 2. The quantitative estimate of drug-likeness (QED) is 0.614. The van der Waals surface area contributed by atoms with Gasteiger partial charge in [0.05, 0.1) is 28.1 Å². The van der Waals surface area contributed by atoms with Gasteiger partial charge in [-0.3, -0.25) is 14.3 Å². The summed E-state index contributed by atoms with van der Waals surface area (Å²) in [5, 5.41) is 5.40. The van der Waals surface area contributed by atoms with E-state index < -0.39 is 15.9 Å². The molecule has 0 spiro atoms. The molecule has 0 saturated heterocycles. The maximum atomic E-state index is 12.6. The van der Waals surface area contributed by atoms with E-state index in [9.17, 15) is 18.0 Å². The number of anilines is 2. The lowest BCUT2D eigenvalue weighted by atomic mass is 10.1. The standard InChI is InChI=1S/C18H18ClN3O4S/c1-3-10-20-17(23)13-6-4-5-7-16(13)21-18(24)14-11-12(8-9-15(14)19)22-27(2,25)26/h3-9,11,22H,1,10H2,2H3,(H,20,23)(H,21,24). The predicted molar refractivity (Wildman–Crippen MR) is 107 cm³/mol. The molecule has 0 heterocycles. The molecule has 0 aliphatic heterocycles. The van der Waals surface area contributed by atoms with E-state index in [1.54, 1.807) is 30.3 Å². The fourth-order valence-electron chi connectivity index (χ4n) is 2.22. The fraction of sp³-hybridized carbons (Fsp3) is 0.111. The normalized spacial score (nSPS) is 10.7. The van der Waals surface area contributed by atoms with Crippen LogP contribution in [0.4, 0.5) is 11.4 Å². The van der Waals surface area contributed by atoms with Crippen molar-refractivity contribution in [2.45, 2.75) is 0 Å². The van der Waals surface area contributed by atoms with Gasteiger partial charge in [-0.2, -0.15) is 0 Å². The zero-order chi connectivity index (χ0) is 20.0. The fourth-order valence-corrected chi connectivity index (χ4v) is 2.98. The predicted octanol–water partition coefficient (Wildman–Crippen LogP) is 2.88. The average Bonchev–Trinajstić information content (AvgIpc) is 2.60. The molecule has 2 aromatic rings. The van der Waals surface area contributed by atoms with Crippen molar-refractivity contribution in [1.82, 2.24) is 5.32 Å². The van der Waals surface area contributed by atoms with Crippen LogP contribution in [0.1, 0.15) is 20.7 Å². The summed E-state index contributed by atoms with van der Waals surface area (Å²) in [6, 6.07) is 10.7. The van der Waals surface area contributed by atoms with Crippen LogP contribution >= 0.6 is 11.6 Å². The van der Waals surface area contributed by atoms with E-state index >= 15 is 0 Å². The molecule has 9 heteroatoms. The summed E-state index contributed by atoms with van der Waals surface area (Å²) in [6.45, 7) is 3.82. The molecule has 0 bridgehead atoms. The second-order valence-electron chi connectivity index (χ2n) is 5.57. The Morgan fingerprint density at radius 3 is 2.48 bits per heavy atom. The third kappa shape index (κ3) is 5.83. The van der Waals surface area contributed by atoms with Crippen LogP contribution in [-0.2, 0) is 10.0 Å². The molecule has 0 aliphatic carbocycles. The smallest absolute Gasteiger partial charge is 0.257 e. The first-order valence-electron chi connectivity index (χ1n) is 7.78. The molecule has 0 atom stereocenters. The average molecular weight is 408 g/mol. The summed E-state index contributed by atoms with van der Waals surface area (Å²) >= 11 is 6.07. The van der Waals surface area contributed by atoms with Crippen molar-refractivity contribution in [3.8, 4) is 0 Å². The SMILES string of the molecule is C=CCNC(=O)c1ccccc1NC(=O)c1cc(NS(C)(=O)=O)ccc1Cl. The Labute approximate surface area is 162 Å². The molecule has 2 rings (SSSR count). The van der Waals surface area contributed by atoms with Crippen molar-refractivity contribution in [1.29, 1.82) is 0 Å². The van der Waals surface area contributed by atoms with Crippen molar-refractivity contribution >= 4 is 44.8 Å². The minimum atomic E-state index is -3.50. The van der Waals surface area contributed by atoms with Gasteiger partial charge in [0.2, 0.25) is 10.0 Å². The Balaban J connectivity index is 2.29. The molecule has 3 N–H and O–H groups in total. The molecule has 0 radical (unpaired) electrons. The second-order valence-corrected chi connectivity index (χ2v) is 7.72. The zero-order valence-electron chi connectivity index (χ0n) is 14.5. The van der Waals surface area contributed by atoms with E-state index in [1.807, 2.05) is 0 Å². The Bertz CT molecular complexity index is 990. The Morgan fingerprint density at radius 2 is 1.81 bits per heavy atom. The summed E-state index contributed by atoms with van der Waals surface area (Å²) in [4.78, 5) is 24.8. The van der Waals surface area contributed by atoms with Gasteiger partial charge < -0.3 is 10.6 Å². The maximum absolute atomic E-state index is 12.6. The summed E-state index contributed by atoms with van der Waals surface area (Å²) in [7, 11) is -3.50. The van der Waals surface area contributed by atoms with Crippen LogP contribution in [-0.4, -0.2) is 33.0 Å². The van der Waals surface area contributed by atoms with Gasteiger partial charge in [0, 0.05) is 12.2 Å². The first-order valence-corrected chi connectivity index (χ1v) is 10.0. The van der Waals surface area contributed by atoms with Crippen LogP contribution in [0.3, 0.4) is 0 Å². The van der Waals surface area contributed by atoms with Gasteiger partial charge in [0.15, 0.2) is 0 Å². The molecule has 0 saturated carbocycles. The lowest BCUT2D eigenvalue weighted by molar-refractivity contribution is 0.0959. The number of benzene rings is 2. The lowest BCUT2D eigenvalue weighted by Crippen LogP contribution is -2.25. The van der Waals surface area contributed by atoms with Crippen LogP contribution in [0, 0.1) is 0 Å². The van der Waals surface area contributed by atoms with Gasteiger partial charge in [-0.25, -0.2) is 8.42 Å². The van der Waals surface area contributed by atoms with Crippen molar-refractivity contribution in [2.75, 3.05) is 22.8 Å². The van der Waals surface area contributed by atoms with Crippen molar-refractivity contribution in [3.63, 3.8) is 0 Å². The number of halogens is 1. The molecule has 0 fully saturated rings. The first kappa shape index (κ1) is 20.5. The van der Waals surface area contributed by atoms with Gasteiger partial charge >= 0.3 is 0 Å².